The van der Waals surface area contributed by atoms with Crippen molar-refractivity contribution in [2.45, 2.75) is 44.8 Å². The Morgan fingerprint density at radius 3 is 2.58 bits per heavy atom. The van der Waals surface area contributed by atoms with Gasteiger partial charge in [0.1, 0.15) is 11.7 Å². The molecule has 11 heteroatoms. The molecule has 0 aliphatic carbocycles. The zero-order valence-corrected chi connectivity index (χ0v) is 21.2. The predicted octanol–water partition coefficient (Wildman–Crippen LogP) is 2.67. The van der Waals surface area contributed by atoms with Crippen molar-refractivity contribution < 1.29 is 18.7 Å². The van der Waals surface area contributed by atoms with E-state index in [9.17, 15) is 9.18 Å². The second kappa shape index (κ2) is 12.6. The Kier molecular flexibility index (Phi) is 9.57. The third-order valence-corrected chi connectivity index (χ3v) is 6.05. The summed E-state index contributed by atoms with van der Waals surface area (Å²) in [6, 6.07) is 6.38. The maximum atomic E-state index is 14.8. The van der Waals surface area contributed by atoms with Crippen molar-refractivity contribution in [1.29, 1.82) is 0 Å². The normalized spacial score (nSPS) is 16.2. The molecule has 1 aliphatic rings. The fourth-order valence-electron chi connectivity index (χ4n) is 4.08. The van der Waals surface area contributed by atoms with Crippen LogP contribution in [0.25, 0.3) is 0 Å². The minimum absolute atomic E-state index is 0.00377. The monoisotopic (exact) mass is 501 g/mol. The summed E-state index contributed by atoms with van der Waals surface area (Å²) in [4.78, 5) is 21.3. The van der Waals surface area contributed by atoms with Crippen LogP contribution >= 0.6 is 0 Å². The molecule has 0 bridgehead atoms. The van der Waals surface area contributed by atoms with Crippen LogP contribution in [0.4, 0.5) is 21.7 Å². The summed E-state index contributed by atoms with van der Waals surface area (Å²) in [7, 11) is 3.30. The first-order chi connectivity index (χ1) is 17.3. The van der Waals surface area contributed by atoms with Gasteiger partial charge in [0.2, 0.25) is 0 Å². The van der Waals surface area contributed by atoms with E-state index >= 15 is 0 Å². The summed E-state index contributed by atoms with van der Waals surface area (Å²) in [5.41, 5.74) is 14.1. The Morgan fingerprint density at radius 2 is 1.94 bits per heavy atom. The molecular weight excluding hydrogens is 465 g/mol. The molecule has 1 unspecified atom stereocenters. The molecule has 10 nitrogen and oxygen atoms in total. The Labute approximate surface area is 211 Å². The van der Waals surface area contributed by atoms with E-state index in [1.807, 2.05) is 32.0 Å². The minimum Gasteiger partial charge on any atom is -0.385 e. The first-order valence-corrected chi connectivity index (χ1v) is 12.0. The van der Waals surface area contributed by atoms with Gasteiger partial charge in [0.15, 0.2) is 11.6 Å². The first kappa shape index (κ1) is 27.3. The highest BCUT2D eigenvalue weighted by Crippen LogP contribution is 2.34. The van der Waals surface area contributed by atoms with Crippen LogP contribution < -0.4 is 27.4 Å². The molecule has 196 valence electrons. The molecule has 2 aromatic rings. The molecule has 1 aliphatic heterocycles. The number of nitrogens with zero attached hydrogens (tertiary/aromatic N) is 2. The van der Waals surface area contributed by atoms with Gasteiger partial charge in [-0.25, -0.2) is 9.37 Å². The SMILES string of the molecule is CC[C@@H](Nc1nc(Nc2ccc3c(c2)C(NCCOC)=NC3CCOC)c(C(N)=O)cc1F)[C@H](C)N. The number of carbonyl (C=O) groups is 1. The molecule has 3 atom stereocenters. The van der Waals surface area contributed by atoms with E-state index in [0.29, 0.717) is 31.9 Å². The number of hydrogen-bond acceptors (Lipinski definition) is 9. The number of amides is 1. The highest BCUT2D eigenvalue weighted by Gasteiger charge is 2.26. The number of carbonyl (C=O) groups excluding carboxylic acids is 1. The summed E-state index contributed by atoms with van der Waals surface area (Å²) < 4.78 is 25.2. The fraction of sp³-hybridized carbons (Fsp3) is 0.480. The van der Waals surface area contributed by atoms with E-state index in [-0.39, 0.29) is 35.3 Å². The van der Waals surface area contributed by atoms with Crippen LogP contribution in [0.1, 0.15) is 54.2 Å². The molecule has 1 aromatic heterocycles. The molecule has 0 saturated carbocycles. The Morgan fingerprint density at radius 1 is 1.19 bits per heavy atom. The van der Waals surface area contributed by atoms with Crippen LogP contribution in [-0.4, -0.2) is 62.8 Å². The Balaban J connectivity index is 1.94. The maximum Gasteiger partial charge on any atom is 0.252 e. The number of nitrogens with two attached hydrogens (primary N) is 2. The van der Waals surface area contributed by atoms with Gasteiger partial charge in [0.25, 0.3) is 5.91 Å². The van der Waals surface area contributed by atoms with Gasteiger partial charge in [-0.15, -0.1) is 0 Å². The average molecular weight is 502 g/mol. The van der Waals surface area contributed by atoms with Gasteiger partial charge >= 0.3 is 0 Å². The van der Waals surface area contributed by atoms with E-state index in [4.69, 9.17) is 25.9 Å². The molecule has 0 spiro atoms. The van der Waals surface area contributed by atoms with Crippen molar-refractivity contribution in [3.8, 4) is 0 Å². The largest absolute Gasteiger partial charge is 0.385 e. The number of aliphatic imine (C=N–C) groups is 1. The van der Waals surface area contributed by atoms with Gasteiger partial charge in [-0.05, 0) is 43.5 Å². The van der Waals surface area contributed by atoms with Crippen molar-refractivity contribution in [2.75, 3.05) is 44.6 Å². The molecule has 1 aromatic carbocycles. The smallest absolute Gasteiger partial charge is 0.252 e. The summed E-state index contributed by atoms with van der Waals surface area (Å²) in [6.45, 7) is 5.49. The van der Waals surface area contributed by atoms with E-state index in [2.05, 4.69) is 20.9 Å². The van der Waals surface area contributed by atoms with E-state index in [1.165, 1.54) is 0 Å². The van der Waals surface area contributed by atoms with Gasteiger partial charge in [-0.2, -0.15) is 0 Å². The number of hydrogen-bond donors (Lipinski definition) is 5. The predicted molar refractivity (Wildman–Crippen MR) is 139 cm³/mol. The van der Waals surface area contributed by atoms with Gasteiger partial charge < -0.3 is 36.9 Å². The van der Waals surface area contributed by atoms with Gasteiger partial charge in [0.05, 0.1) is 18.2 Å². The number of methoxy groups -OCH3 is 2. The summed E-state index contributed by atoms with van der Waals surface area (Å²) >= 11 is 0. The van der Waals surface area contributed by atoms with Crippen molar-refractivity contribution in [2.24, 2.45) is 16.5 Å². The summed E-state index contributed by atoms with van der Waals surface area (Å²) in [5, 5.41) is 9.49. The van der Waals surface area contributed by atoms with E-state index < -0.39 is 11.7 Å². The van der Waals surface area contributed by atoms with Crippen LogP contribution in [0.3, 0.4) is 0 Å². The zero-order chi connectivity index (χ0) is 26.2. The number of pyridine rings is 1. The lowest BCUT2D eigenvalue weighted by Gasteiger charge is -2.22. The number of rotatable bonds is 13. The van der Waals surface area contributed by atoms with E-state index in [0.717, 1.165) is 29.4 Å². The number of aromatic nitrogens is 1. The molecule has 7 N–H and O–H groups in total. The molecule has 36 heavy (non-hydrogen) atoms. The Hall–Kier alpha value is -3.28. The standard InChI is InChI=1S/C25H36FN7O3/c1-5-20(14(2)27)31-25-19(26)13-18(22(28)34)24(33-25)30-15-6-7-16-17(12-15)23(29-9-11-36-4)32-21(16)8-10-35-3/h6-7,12-14,20-21H,5,8-11,27H2,1-4H3,(H2,28,34)(H,29,32)(H2,30,31,33)/t14-,20+,21?/m0/s1. The van der Waals surface area contributed by atoms with Crippen molar-refractivity contribution >= 4 is 29.1 Å². The molecule has 2 heterocycles. The van der Waals surface area contributed by atoms with Crippen LogP contribution in [0.15, 0.2) is 29.3 Å². The number of nitrogens with one attached hydrogen (secondary N) is 3. The van der Waals surface area contributed by atoms with Crippen LogP contribution in [0.5, 0.6) is 0 Å². The summed E-state index contributed by atoms with van der Waals surface area (Å²) in [6.07, 6.45) is 1.41. The highest BCUT2D eigenvalue weighted by atomic mass is 19.1. The van der Waals surface area contributed by atoms with Gasteiger partial charge in [0, 0.05) is 50.7 Å². The quantitative estimate of drug-likeness (QED) is 0.263. The van der Waals surface area contributed by atoms with Crippen LogP contribution in [-0.2, 0) is 9.47 Å². The van der Waals surface area contributed by atoms with Crippen molar-refractivity contribution in [1.82, 2.24) is 10.3 Å². The lowest BCUT2D eigenvalue weighted by atomic mass is 10.0. The highest BCUT2D eigenvalue weighted by molar-refractivity contribution is 6.04. The average Bonchev–Trinajstić information content (AvgIpc) is 3.19. The first-order valence-electron chi connectivity index (χ1n) is 12.0. The molecule has 3 rings (SSSR count). The van der Waals surface area contributed by atoms with Gasteiger partial charge in [-0.1, -0.05) is 13.0 Å². The number of benzene rings is 1. The van der Waals surface area contributed by atoms with Crippen molar-refractivity contribution in [3.63, 3.8) is 0 Å². The van der Waals surface area contributed by atoms with Gasteiger partial charge in [-0.3, -0.25) is 9.79 Å². The topological polar surface area (TPSA) is 149 Å². The third kappa shape index (κ3) is 6.48. The van der Waals surface area contributed by atoms with Crippen LogP contribution in [0.2, 0.25) is 0 Å². The second-order valence-electron chi connectivity index (χ2n) is 8.72. The number of amidine groups is 1. The molecule has 0 fully saturated rings. The lowest BCUT2D eigenvalue weighted by Crippen LogP contribution is -2.38. The zero-order valence-electron chi connectivity index (χ0n) is 21.2. The number of ether oxygens (including phenoxy) is 2. The third-order valence-electron chi connectivity index (χ3n) is 6.05. The lowest BCUT2D eigenvalue weighted by molar-refractivity contribution is 0.100. The fourth-order valence-corrected chi connectivity index (χ4v) is 4.08. The van der Waals surface area contributed by atoms with Crippen LogP contribution in [0, 0.1) is 5.82 Å². The number of primary amides is 1. The molecule has 1 amide bonds. The second-order valence-corrected chi connectivity index (χ2v) is 8.72. The number of anilines is 3. The van der Waals surface area contributed by atoms with Crippen molar-refractivity contribution in [3.05, 3.63) is 46.8 Å². The summed E-state index contributed by atoms with van der Waals surface area (Å²) in [5.74, 6) is -0.584. The number of halogens is 1. The van der Waals surface area contributed by atoms with E-state index in [1.54, 1.807) is 14.2 Å². The molecule has 0 saturated heterocycles. The molecular formula is C25H36FN7O3. The molecule has 0 radical (unpaired) electrons. The Bertz CT molecular complexity index is 1090. The maximum absolute atomic E-state index is 14.8. The minimum atomic E-state index is -0.793. The number of fused-ring (bicyclic) bond motifs is 1.